The molecule has 1 aliphatic rings. The Kier molecular flexibility index (Phi) is 6.32. The summed E-state index contributed by atoms with van der Waals surface area (Å²) < 4.78 is 0. The molecule has 1 rings (SSSR count). The molecule has 1 fully saturated rings. The lowest BCUT2D eigenvalue weighted by molar-refractivity contribution is -0.143. The zero-order chi connectivity index (χ0) is 13.5. The van der Waals surface area contributed by atoms with Crippen LogP contribution in [0.25, 0.3) is 0 Å². The number of nitrogens with zero attached hydrogens (tertiary/aromatic N) is 2. The van der Waals surface area contributed by atoms with Crippen LogP contribution in [0.15, 0.2) is 0 Å². The van der Waals surface area contributed by atoms with Crippen LogP contribution in [0.2, 0.25) is 0 Å². The first kappa shape index (κ1) is 15.1. The molecular formula is C12H22N2O3S. The minimum Gasteiger partial charge on any atom is -0.481 e. The number of hydrogen-bond acceptors (Lipinski definition) is 3. The van der Waals surface area contributed by atoms with Crippen molar-refractivity contribution in [2.75, 3.05) is 38.7 Å². The van der Waals surface area contributed by atoms with Gasteiger partial charge >= 0.3 is 12.0 Å². The van der Waals surface area contributed by atoms with Gasteiger partial charge in [-0.3, -0.25) is 4.79 Å². The monoisotopic (exact) mass is 274 g/mol. The third kappa shape index (κ3) is 4.40. The van der Waals surface area contributed by atoms with Gasteiger partial charge in [-0.1, -0.05) is 0 Å². The Morgan fingerprint density at radius 2 is 2.22 bits per heavy atom. The fraction of sp³-hybridized carbons (Fsp3) is 0.833. The molecule has 0 radical (unpaired) electrons. The predicted octanol–water partition coefficient (Wildman–Crippen LogP) is 1.59. The molecule has 0 spiro atoms. The van der Waals surface area contributed by atoms with Crippen molar-refractivity contribution in [2.45, 2.75) is 19.3 Å². The van der Waals surface area contributed by atoms with E-state index in [-0.39, 0.29) is 6.03 Å². The van der Waals surface area contributed by atoms with Crippen LogP contribution >= 0.6 is 11.8 Å². The maximum Gasteiger partial charge on any atom is 0.319 e. The zero-order valence-electron chi connectivity index (χ0n) is 11.1. The number of carbonyl (C=O) groups is 2. The molecular weight excluding hydrogens is 252 g/mol. The van der Waals surface area contributed by atoms with Crippen LogP contribution in [-0.4, -0.2) is 65.6 Å². The quantitative estimate of drug-likeness (QED) is 0.773. The fourth-order valence-corrected chi connectivity index (χ4v) is 2.55. The van der Waals surface area contributed by atoms with E-state index >= 15 is 0 Å². The van der Waals surface area contributed by atoms with Gasteiger partial charge in [-0.15, -0.1) is 0 Å². The summed E-state index contributed by atoms with van der Waals surface area (Å²) in [7, 11) is 1.78. The lowest BCUT2D eigenvalue weighted by Crippen LogP contribution is -2.47. The van der Waals surface area contributed by atoms with Crippen LogP contribution in [0.1, 0.15) is 19.3 Å². The van der Waals surface area contributed by atoms with E-state index in [0.29, 0.717) is 19.5 Å². The second kappa shape index (κ2) is 7.51. The molecule has 104 valence electrons. The first-order valence-electron chi connectivity index (χ1n) is 6.28. The summed E-state index contributed by atoms with van der Waals surface area (Å²) >= 11 is 1.77. The number of rotatable bonds is 5. The van der Waals surface area contributed by atoms with Crippen LogP contribution in [0.4, 0.5) is 4.79 Å². The highest BCUT2D eigenvalue weighted by atomic mass is 32.2. The summed E-state index contributed by atoms with van der Waals surface area (Å²) in [5, 5.41) is 9.00. The molecule has 6 heteroatoms. The Morgan fingerprint density at radius 3 is 2.83 bits per heavy atom. The van der Waals surface area contributed by atoms with E-state index in [9.17, 15) is 9.59 Å². The molecule has 1 N–H and O–H groups in total. The summed E-state index contributed by atoms with van der Waals surface area (Å²) in [5.74, 6) is -0.158. The van der Waals surface area contributed by atoms with Crippen LogP contribution in [0.5, 0.6) is 0 Å². The average molecular weight is 274 g/mol. The summed E-state index contributed by atoms with van der Waals surface area (Å²) in [5.41, 5.74) is 0. The number of amides is 2. The first-order valence-corrected chi connectivity index (χ1v) is 7.67. The fourth-order valence-electron chi connectivity index (χ4n) is 2.14. The molecule has 0 unspecified atom stereocenters. The van der Waals surface area contributed by atoms with Gasteiger partial charge in [0.1, 0.15) is 0 Å². The van der Waals surface area contributed by atoms with Gasteiger partial charge < -0.3 is 14.9 Å². The predicted molar refractivity (Wildman–Crippen MR) is 73.0 cm³/mol. The summed E-state index contributed by atoms with van der Waals surface area (Å²) in [4.78, 5) is 26.4. The number of hydrogen-bond donors (Lipinski definition) is 1. The van der Waals surface area contributed by atoms with Gasteiger partial charge in [0.2, 0.25) is 0 Å². The van der Waals surface area contributed by atoms with Crippen molar-refractivity contribution in [3.05, 3.63) is 0 Å². The maximum atomic E-state index is 12.1. The van der Waals surface area contributed by atoms with E-state index in [1.54, 1.807) is 28.6 Å². The minimum absolute atomic E-state index is 0.0398. The van der Waals surface area contributed by atoms with E-state index in [1.807, 2.05) is 6.26 Å². The van der Waals surface area contributed by atoms with Crippen LogP contribution in [0.3, 0.4) is 0 Å². The molecule has 0 aliphatic carbocycles. The Hall–Kier alpha value is -0.910. The van der Waals surface area contributed by atoms with Crippen molar-refractivity contribution in [1.29, 1.82) is 0 Å². The Morgan fingerprint density at radius 1 is 1.50 bits per heavy atom. The van der Waals surface area contributed by atoms with Crippen molar-refractivity contribution in [3.63, 3.8) is 0 Å². The standard InChI is InChI=1S/C12H22N2O3S/c1-13(6-4-8-18-2)12(17)14-7-3-5-10(9-14)11(15)16/h10H,3-9H2,1-2H3,(H,15,16)/t10-/m0/s1. The average Bonchev–Trinajstić information content (AvgIpc) is 2.38. The molecule has 0 aromatic heterocycles. The smallest absolute Gasteiger partial charge is 0.319 e. The van der Waals surface area contributed by atoms with Crippen molar-refractivity contribution in [3.8, 4) is 0 Å². The minimum atomic E-state index is -0.794. The van der Waals surface area contributed by atoms with Crippen molar-refractivity contribution < 1.29 is 14.7 Å². The molecule has 0 bridgehead atoms. The molecule has 18 heavy (non-hydrogen) atoms. The van der Waals surface area contributed by atoms with Gasteiger partial charge in [0, 0.05) is 26.7 Å². The lowest BCUT2D eigenvalue weighted by atomic mass is 9.99. The second-order valence-electron chi connectivity index (χ2n) is 4.67. The number of piperidine rings is 1. The van der Waals surface area contributed by atoms with Gasteiger partial charge in [-0.25, -0.2) is 4.79 Å². The highest BCUT2D eigenvalue weighted by molar-refractivity contribution is 7.98. The summed E-state index contributed by atoms with van der Waals surface area (Å²) in [6, 6.07) is -0.0398. The molecule has 1 heterocycles. The number of carboxylic acid groups (broad SMARTS) is 1. The number of carbonyl (C=O) groups excluding carboxylic acids is 1. The van der Waals surface area contributed by atoms with Crippen molar-refractivity contribution in [1.82, 2.24) is 9.80 Å². The topological polar surface area (TPSA) is 60.9 Å². The molecule has 0 saturated carbocycles. The Balaban J connectivity index is 2.42. The molecule has 2 amide bonds. The highest BCUT2D eigenvalue weighted by Crippen LogP contribution is 2.17. The molecule has 0 aromatic carbocycles. The largest absolute Gasteiger partial charge is 0.481 e. The number of likely N-dealkylation sites (tertiary alicyclic amines) is 1. The Labute approximate surface area is 113 Å². The molecule has 5 nitrogen and oxygen atoms in total. The van der Waals surface area contributed by atoms with Crippen LogP contribution in [-0.2, 0) is 4.79 Å². The van der Waals surface area contributed by atoms with E-state index in [2.05, 4.69) is 0 Å². The van der Waals surface area contributed by atoms with Gasteiger partial charge in [-0.2, -0.15) is 11.8 Å². The normalized spacial score (nSPS) is 19.7. The number of thioether (sulfide) groups is 1. The molecule has 1 saturated heterocycles. The number of urea groups is 1. The van der Waals surface area contributed by atoms with E-state index in [4.69, 9.17) is 5.11 Å². The van der Waals surface area contributed by atoms with E-state index in [0.717, 1.165) is 25.1 Å². The lowest BCUT2D eigenvalue weighted by Gasteiger charge is -2.33. The SMILES string of the molecule is CSCCCN(C)C(=O)N1CCC[C@H](C(=O)O)C1. The third-order valence-corrected chi connectivity index (χ3v) is 3.91. The zero-order valence-corrected chi connectivity index (χ0v) is 11.9. The van der Waals surface area contributed by atoms with Gasteiger partial charge in [0.05, 0.1) is 5.92 Å². The second-order valence-corrected chi connectivity index (χ2v) is 5.66. The number of aliphatic carboxylic acids is 1. The van der Waals surface area contributed by atoms with Gasteiger partial charge in [0.15, 0.2) is 0 Å². The van der Waals surface area contributed by atoms with Crippen LogP contribution < -0.4 is 0 Å². The van der Waals surface area contributed by atoms with Crippen molar-refractivity contribution >= 4 is 23.8 Å². The molecule has 1 atom stereocenters. The van der Waals surface area contributed by atoms with Crippen LogP contribution in [0, 0.1) is 5.92 Å². The number of carboxylic acids is 1. The highest BCUT2D eigenvalue weighted by Gasteiger charge is 2.29. The molecule has 0 aromatic rings. The van der Waals surface area contributed by atoms with Gasteiger partial charge in [0.25, 0.3) is 0 Å². The van der Waals surface area contributed by atoms with Gasteiger partial charge in [-0.05, 0) is 31.3 Å². The van der Waals surface area contributed by atoms with Crippen molar-refractivity contribution in [2.24, 2.45) is 5.92 Å². The third-order valence-electron chi connectivity index (χ3n) is 3.21. The van der Waals surface area contributed by atoms with E-state index in [1.165, 1.54) is 0 Å². The summed E-state index contributed by atoms with van der Waals surface area (Å²) in [6.07, 6.45) is 4.47. The molecule has 1 aliphatic heterocycles. The maximum absolute atomic E-state index is 12.1. The first-order chi connectivity index (χ1) is 8.56. The summed E-state index contributed by atoms with van der Waals surface area (Å²) in [6.45, 7) is 1.75. The Bertz CT molecular complexity index is 299. The van der Waals surface area contributed by atoms with E-state index < -0.39 is 11.9 Å².